The van der Waals surface area contributed by atoms with Gasteiger partial charge < -0.3 is 26.6 Å². The number of aryl methyl sites for hydroxylation is 1. The highest BCUT2D eigenvalue weighted by Crippen LogP contribution is 2.43. The zero-order chi connectivity index (χ0) is 24.2. The minimum Gasteiger partial charge on any atom is -0.487 e. The molecule has 8 heteroatoms. The van der Waals surface area contributed by atoms with Gasteiger partial charge in [0.2, 0.25) is 0 Å². The van der Waals surface area contributed by atoms with Gasteiger partial charge in [-0.05, 0) is 55.7 Å². The van der Waals surface area contributed by atoms with E-state index in [1.807, 2.05) is 37.3 Å². The number of nitrogens with two attached hydrogens (primary N) is 2. The Balaban J connectivity index is 0.00000342. The van der Waals surface area contributed by atoms with Crippen LogP contribution < -0.4 is 21.5 Å². The molecule has 4 rings (SSSR count). The van der Waals surface area contributed by atoms with Crippen molar-refractivity contribution in [2.75, 3.05) is 5.32 Å². The van der Waals surface area contributed by atoms with E-state index < -0.39 is 0 Å². The largest absolute Gasteiger partial charge is 0.487 e. The van der Waals surface area contributed by atoms with Crippen molar-refractivity contribution in [3.8, 4) is 5.75 Å². The summed E-state index contributed by atoms with van der Waals surface area (Å²) in [6.07, 6.45) is 2.19. The zero-order valence-corrected chi connectivity index (χ0v) is 19.2. The molecule has 0 spiro atoms. The smallest absolute Gasteiger partial charge is 0.146 e. The Labute approximate surface area is 206 Å². The Morgan fingerprint density at radius 3 is 2.34 bits per heavy atom. The Hall–Kier alpha value is -3.91. The number of nitrogen functional groups attached to an aromatic ring is 2. The maximum atomic E-state index is 10.3. The van der Waals surface area contributed by atoms with E-state index in [-0.39, 0.29) is 32.3 Å². The molecular formula is C27H34N6O2. The molecule has 0 aliphatic heterocycles. The quantitative estimate of drug-likeness (QED) is 0.192. The molecule has 2 aromatic carbocycles. The topological polar surface area (TPSA) is 154 Å². The van der Waals surface area contributed by atoms with Crippen molar-refractivity contribution >= 4 is 17.4 Å². The first-order chi connectivity index (χ1) is 16.4. The summed E-state index contributed by atoms with van der Waals surface area (Å²) in [5.41, 5.74) is 17.7. The predicted molar refractivity (Wildman–Crippen MR) is 140 cm³/mol. The summed E-state index contributed by atoms with van der Waals surface area (Å²) in [6.45, 7) is 2.51. The van der Waals surface area contributed by atoms with Crippen LogP contribution in [-0.2, 0) is 19.8 Å². The number of nitrogens with one attached hydrogen (secondary N) is 3. The Bertz CT molecular complexity index is 1220. The Morgan fingerprint density at radius 1 is 1.06 bits per heavy atom. The number of aliphatic hydroxyl groups is 1. The second kappa shape index (κ2) is 11.0. The lowest BCUT2D eigenvalue weighted by molar-refractivity contribution is 0.255. The predicted octanol–water partition coefficient (Wildman–Crippen LogP) is 4.16. The van der Waals surface area contributed by atoms with Crippen molar-refractivity contribution in [2.24, 2.45) is 11.5 Å². The second-order valence-electron chi connectivity index (χ2n) is 8.55. The van der Waals surface area contributed by atoms with Crippen molar-refractivity contribution in [2.45, 2.75) is 52.9 Å². The number of amidine groups is 2. The normalized spacial score (nSPS) is 12.5. The Kier molecular flexibility index (Phi) is 8.09. The number of anilines is 1. The molecule has 1 aromatic heterocycles. The number of benzene rings is 2. The lowest BCUT2D eigenvalue weighted by Crippen LogP contribution is -2.14. The second-order valence-corrected chi connectivity index (χ2v) is 8.55. The van der Waals surface area contributed by atoms with Crippen LogP contribution in [0.15, 0.2) is 48.5 Å². The molecule has 3 aromatic rings. The van der Waals surface area contributed by atoms with E-state index in [2.05, 4.69) is 5.32 Å². The summed E-state index contributed by atoms with van der Waals surface area (Å²) in [4.78, 5) is 4.88. The van der Waals surface area contributed by atoms with Crippen LogP contribution in [0.2, 0.25) is 0 Å². The van der Waals surface area contributed by atoms with Crippen molar-refractivity contribution < 1.29 is 9.84 Å². The zero-order valence-electron chi connectivity index (χ0n) is 19.2. The molecule has 1 heterocycles. The van der Waals surface area contributed by atoms with Gasteiger partial charge in [-0.3, -0.25) is 15.8 Å². The van der Waals surface area contributed by atoms with E-state index in [1.54, 1.807) is 18.2 Å². The molecule has 0 amide bonds. The molecule has 8 nitrogen and oxygen atoms in total. The fourth-order valence-electron chi connectivity index (χ4n) is 4.00. The third-order valence-electron chi connectivity index (χ3n) is 5.97. The highest BCUT2D eigenvalue weighted by atomic mass is 16.5. The molecular weight excluding hydrogens is 440 g/mol. The van der Waals surface area contributed by atoms with Crippen molar-refractivity contribution in [1.29, 1.82) is 10.8 Å². The van der Waals surface area contributed by atoms with E-state index >= 15 is 0 Å². The SMILES string of the molecule is C.Cc1nc(C2CC2)c(CNc2ccc(C(=N)N)cc2)c(CO)c1OCc1cccc(C(=N)N)c1. The molecule has 8 N–H and O–H groups in total. The van der Waals surface area contributed by atoms with Gasteiger partial charge in [0.1, 0.15) is 24.0 Å². The van der Waals surface area contributed by atoms with Gasteiger partial charge in [0, 0.05) is 46.1 Å². The van der Waals surface area contributed by atoms with Crippen LogP contribution in [0.4, 0.5) is 5.69 Å². The Morgan fingerprint density at radius 2 is 1.74 bits per heavy atom. The molecule has 1 saturated carbocycles. The van der Waals surface area contributed by atoms with E-state index in [9.17, 15) is 5.11 Å². The third-order valence-corrected chi connectivity index (χ3v) is 5.97. The number of hydrogen-bond donors (Lipinski definition) is 6. The first-order valence-corrected chi connectivity index (χ1v) is 11.2. The molecule has 1 aliphatic carbocycles. The molecule has 0 atom stereocenters. The van der Waals surface area contributed by atoms with E-state index in [0.717, 1.165) is 46.6 Å². The fraction of sp³-hybridized carbons (Fsp3) is 0.296. The molecule has 1 aliphatic rings. The number of pyridine rings is 1. The van der Waals surface area contributed by atoms with Gasteiger partial charge in [0.25, 0.3) is 0 Å². The number of rotatable bonds is 10. The molecule has 0 unspecified atom stereocenters. The van der Waals surface area contributed by atoms with Gasteiger partial charge in [-0.25, -0.2) is 0 Å². The summed E-state index contributed by atoms with van der Waals surface area (Å²) in [5, 5.41) is 28.9. The number of hydrogen-bond acceptors (Lipinski definition) is 6. The highest BCUT2D eigenvalue weighted by molar-refractivity contribution is 5.95. The monoisotopic (exact) mass is 474 g/mol. The van der Waals surface area contributed by atoms with E-state index in [0.29, 0.717) is 29.3 Å². The molecule has 184 valence electrons. The van der Waals surface area contributed by atoms with Gasteiger partial charge in [0.15, 0.2) is 0 Å². The average molecular weight is 475 g/mol. The maximum absolute atomic E-state index is 10.3. The molecule has 35 heavy (non-hydrogen) atoms. The van der Waals surface area contributed by atoms with Gasteiger partial charge in [0.05, 0.1) is 12.3 Å². The summed E-state index contributed by atoms with van der Waals surface area (Å²) in [5.74, 6) is 1.03. The van der Waals surface area contributed by atoms with Crippen molar-refractivity contribution in [1.82, 2.24) is 4.98 Å². The first-order valence-electron chi connectivity index (χ1n) is 11.2. The summed E-state index contributed by atoms with van der Waals surface area (Å²) >= 11 is 0. The van der Waals surface area contributed by atoms with Gasteiger partial charge in [-0.2, -0.15) is 0 Å². The highest BCUT2D eigenvalue weighted by Gasteiger charge is 2.31. The van der Waals surface area contributed by atoms with Crippen LogP contribution in [0.25, 0.3) is 0 Å². The van der Waals surface area contributed by atoms with Crippen LogP contribution in [-0.4, -0.2) is 21.8 Å². The summed E-state index contributed by atoms with van der Waals surface area (Å²) in [6, 6.07) is 14.7. The standard InChI is InChI=1S/C26H30N6O2.CH4/c1-15-24(34-14-16-3-2-4-19(11-16)26(29)30)22(13-33)21(23(32-15)17-5-6-17)12-31-20-9-7-18(8-10-20)25(27)28;/h2-4,7-11,17,31,33H,5-6,12-14H2,1H3,(H3,27,28)(H3,29,30);1H4. The first kappa shape index (κ1) is 25.7. The van der Waals surface area contributed by atoms with Crippen LogP contribution in [0.5, 0.6) is 5.75 Å². The lowest BCUT2D eigenvalue weighted by Gasteiger charge is -2.20. The van der Waals surface area contributed by atoms with Crippen molar-refractivity contribution in [3.63, 3.8) is 0 Å². The van der Waals surface area contributed by atoms with Crippen LogP contribution in [0.3, 0.4) is 0 Å². The average Bonchev–Trinajstić information content (AvgIpc) is 3.67. The van der Waals surface area contributed by atoms with E-state index in [1.165, 1.54) is 0 Å². The maximum Gasteiger partial charge on any atom is 0.146 e. The molecule has 0 bridgehead atoms. The minimum atomic E-state index is -0.161. The summed E-state index contributed by atoms with van der Waals surface area (Å²) < 4.78 is 6.17. The molecule has 1 fully saturated rings. The van der Waals surface area contributed by atoms with Gasteiger partial charge in [-0.15, -0.1) is 0 Å². The third kappa shape index (κ3) is 5.96. The van der Waals surface area contributed by atoms with Gasteiger partial charge >= 0.3 is 0 Å². The number of nitrogens with zero attached hydrogens (tertiary/aromatic N) is 1. The van der Waals surface area contributed by atoms with Crippen molar-refractivity contribution in [3.05, 3.63) is 87.7 Å². The van der Waals surface area contributed by atoms with Crippen LogP contribution >= 0.6 is 0 Å². The number of ether oxygens (including phenoxy) is 1. The van der Waals surface area contributed by atoms with Gasteiger partial charge in [-0.1, -0.05) is 25.6 Å². The fourth-order valence-corrected chi connectivity index (χ4v) is 4.00. The summed E-state index contributed by atoms with van der Waals surface area (Å²) in [7, 11) is 0. The van der Waals surface area contributed by atoms with E-state index in [4.69, 9.17) is 32.0 Å². The lowest BCUT2D eigenvalue weighted by atomic mass is 10.0. The molecule has 0 radical (unpaired) electrons. The number of aliphatic hydroxyl groups excluding tert-OH is 1. The molecule has 0 saturated heterocycles. The van der Waals surface area contributed by atoms with Crippen LogP contribution in [0.1, 0.15) is 65.4 Å². The minimum absolute atomic E-state index is 0. The van der Waals surface area contributed by atoms with Crippen LogP contribution in [0, 0.1) is 17.7 Å². The number of aromatic nitrogens is 1.